The molecule has 1 aliphatic heterocycles. The summed E-state index contributed by atoms with van der Waals surface area (Å²) in [6, 6.07) is 7.32. The van der Waals surface area contributed by atoms with Crippen LogP contribution in [0.25, 0.3) is 0 Å². The van der Waals surface area contributed by atoms with E-state index in [2.05, 4.69) is 4.74 Å². The van der Waals surface area contributed by atoms with Crippen molar-refractivity contribution in [3.63, 3.8) is 0 Å². The lowest BCUT2D eigenvalue weighted by Gasteiger charge is -2.32. The molecule has 1 atom stereocenters. The highest BCUT2D eigenvalue weighted by molar-refractivity contribution is 6.62. The van der Waals surface area contributed by atoms with Crippen molar-refractivity contribution in [3.05, 3.63) is 48.3 Å². The molecule has 28 heavy (non-hydrogen) atoms. The van der Waals surface area contributed by atoms with E-state index in [1.807, 2.05) is 39.8 Å². The third-order valence-electron chi connectivity index (χ3n) is 5.30. The number of rotatable bonds is 4. The zero-order valence-electron chi connectivity index (χ0n) is 16.6. The van der Waals surface area contributed by atoms with Crippen molar-refractivity contribution in [1.29, 1.82) is 0 Å². The van der Waals surface area contributed by atoms with Crippen LogP contribution in [0.15, 0.2) is 48.3 Å². The summed E-state index contributed by atoms with van der Waals surface area (Å²) in [4.78, 5) is 0. The Balaban J connectivity index is 1.63. The van der Waals surface area contributed by atoms with Gasteiger partial charge in [0.15, 0.2) is 0 Å². The molecule has 1 heterocycles. The Labute approximate surface area is 163 Å². The number of alkyl halides is 3. The van der Waals surface area contributed by atoms with E-state index in [4.69, 9.17) is 14.0 Å². The molecule has 3 rings (SSSR count). The van der Waals surface area contributed by atoms with Gasteiger partial charge in [-0.2, -0.15) is 0 Å². The van der Waals surface area contributed by atoms with Gasteiger partial charge in [-0.3, -0.25) is 0 Å². The Morgan fingerprint density at radius 2 is 1.54 bits per heavy atom. The lowest BCUT2D eigenvalue weighted by Crippen LogP contribution is -2.41. The first-order chi connectivity index (χ1) is 12.8. The molecule has 152 valence electrons. The Bertz CT molecular complexity index is 768. The van der Waals surface area contributed by atoms with Gasteiger partial charge in [0, 0.05) is 6.42 Å². The summed E-state index contributed by atoms with van der Waals surface area (Å²) in [5.74, 6) is 0.366. The van der Waals surface area contributed by atoms with E-state index in [-0.39, 0.29) is 12.2 Å². The Morgan fingerprint density at radius 1 is 0.964 bits per heavy atom. The average Bonchev–Trinajstić information content (AvgIpc) is 2.77. The zero-order chi connectivity index (χ0) is 20.8. The van der Waals surface area contributed by atoms with Gasteiger partial charge in [-0.25, -0.2) is 0 Å². The third-order valence-corrected chi connectivity index (χ3v) is 5.30. The molecule has 2 aliphatic rings. The highest BCUT2D eigenvalue weighted by Crippen LogP contribution is 2.36. The predicted octanol–water partition coefficient (Wildman–Crippen LogP) is 4.50. The van der Waals surface area contributed by atoms with Crippen LogP contribution in [0.5, 0.6) is 5.75 Å². The molecule has 4 nitrogen and oxygen atoms in total. The lowest BCUT2D eigenvalue weighted by molar-refractivity contribution is -0.303. The molecular weight excluding hydrogens is 372 g/mol. The largest absolute Gasteiger partial charge is 0.573 e. The van der Waals surface area contributed by atoms with Crippen LogP contribution in [-0.2, 0) is 14.0 Å². The number of hydrogen-bond donors (Lipinski definition) is 0. The van der Waals surface area contributed by atoms with Gasteiger partial charge in [0.2, 0.25) is 0 Å². The zero-order valence-corrected chi connectivity index (χ0v) is 16.6. The standard InChI is InChI=1S/C20H24BF3O4/c1-17(2)18(3,4)28-21(27-17)14-6-8-15(9-7-14)25-19(5)12-10-16(11-13-19)26-20(22,23)24/h6-12H,13H2,1-5H3. The summed E-state index contributed by atoms with van der Waals surface area (Å²) in [7, 11) is -0.464. The summed E-state index contributed by atoms with van der Waals surface area (Å²) in [5.41, 5.74) is -0.730. The fraction of sp³-hybridized carbons (Fsp3) is 0.500. The van der Waals surface area contributed by atoms with Crippen molar-refractivity contribution >= 4 is 12.6 Å². The molecule has 0 spiro atoms. The van der Waals surface area contributed by atoms with Crippen molar-refractivity contribution in [3.8, 4) is 5.75 Å². The Morgan fingerprint density at radius 3 is 2.00 bits per heavy atom. The molecule has 1 aromatic carbocycles. The summed E-state index contributed by atoms with van der Waals surface area (Å²) < 4.78 is 58.8. The van der Waals surface area contributed by atoms with Crippen molar-refractivity contribution in [2.24, 2.45) is 0 Å². The number of hydrogen-bond acceptors (Lipinski definition) is 4. The topological polar surface area (TPSA) is 36.9 Å². The van der Waals surface area contributed by atoms with Gasteiger partial charge < -0.3 is 18.8 Å². The van der Waals surface area contributed by atoms with Crippen LogP contribution in [0.1, 0.15) is 41.0 Å². The van der Waals surface area contributed by atoms with E-state index in [9.17, 15) is 13.2 Å². The summed E-state index contributed by atoms with van der Waals surface area (Å²) >= 11 is 0. The number of ether oxygens (including phenoxy) is 2. The third kappa shape index (κ3) is 4.55. The average molecular weight is 396 g/mol. The number of halogens is 3. The van der Waals surface area contributed by atoms with E-state index in [0.717, 1.165) is 5.46 Å². The van der Waals surface area contributed by atoms with Crippen LogP contribution in [0, 0.1) is 0 Å². The van der Waals surface area contributed by atoms with Gasteiger partial charge in [0.25, 0.3) is 0 Å². The molecule has 1 aromatic rings. The molecule has 0 N–H and O–H groups in total. The highest BCUT2D eigenvalue weighted by Gasteiger charge is 2.51. The van der Waals surface area contributed by atoms with E-state index in [1.54, 1.807) is 25.1 Å². The number of benzene rings is 1. The monoisotopic (exact) mass is 396 g/mol. The first-order valence-corrected chi connectivity index (χ1v) is 9.08. The van der Waals surface area contributed by atoms with Gasteiger partial charge >= 0.3 is 13.5 Å². The summed E-state index contributed by atoms with van der Waals surface area (Å²) in [5, 5.41) is 0. The first-order valence-electron chi connectivity index (χ1n) is 9.08. The molecule has 8 heteroatoms. The van der Waals surface area contributed by atoms with Crippen LogP contribution in [0.4, 0.5) is 13.2 Å². The van der Waals surface area contributed by atoms with Gasteiger partial charge in [0.05, 0.1) is 11.2 Å². The fourth-order valence-electron chi connectivity index (χ4n) is 2.92. The molecule has 0 bridgehead atoms. The normalized spacial score (nSPS) is 26.1. The maximum absolute atomic E-state index is 12.3. The van der Waals surface area contributed by atoms with E-state index in [0.29, 0.717) is 5.75 Å². The van der Waals surface area contributed by atoms with Crippen LogP contribution in [0.3, 0.4) is 0 Å². The van der Waals surface area contributed by atoms with Crippen molar-refractivity contribution < 1.29 is 32.0 Å². The second-order valence-electron chi connectivity index (χ2n) is 8.26. The smallest absolute Gasteiger partial charge is 0.483 e. The summed E-state index contributed by atoms with van der Waals surface area (Å²) in [6.45, 7) is 9.76. The molecule has 1 saturated heterocycles. The van der Waals surface area contributed by atoms with Crippen LogP contribution in [-0.4, -0.2) is 30.3 Å². The van der Waals surface area contributed by atoms with Gasteiger partial charge in [-0.05, 0) is 70.4 Å². The molecule has 0 saturated carbocycles. The maximum atomic E-state index is 12.3. The summed E-state index contributed by atoms with van der Waals surface area (Å²) in [6.07, 6.45) is -0.236. The number of allylic oxidation sites excluding steroid dienone is 1. The maximum Gasteiger partial charge on any atom is 0.573 e. The molecule has 1 fully saturated rings. The highest BCUT2D eigenvalue weighted by atomic mass is 19.4. The predicted molar refractivity (Wildman–Crippen MR) is 100 cm³/mol. The molecule has 0 aromatic heterocycles. The minimum absolute atomic E-state index is 0.232. The molecule has 1 unspecified atom stereocenters. The molecular formula is C20H24BF3O4. The van der Waals surface area contributed by atoms with Crippen LogP contribution < -0.4 is 10.2 Å². The van der Waals surface area contributed by atoms with E-state index >= 15 is 0 Å². The quantitative estimate of drug-likeness (QED) is 0.703. The fourth-order valence-corrected chi connectivity index (χ4v) is 2.92. The van der Waals surface area contributed by atoms with Crippen LogP contribution in [0.2, 0.25) is 0 Å². The van der Waals surface area contributed by atoms with E-state index in [1.165, 1.54) is 12.2 Å². The van der Waals surface area contributed by atoms with Gasteiger partial charge in [-0.1, -0.05) is 12.1 Å². The Hall–Kier alpha value is -1.93. The van der Waals surface area contributed by atoms with Gasteiger partial charge in [-0.15, -0.1) is 13.2 Å². The van der Waals surface area contributed by atoms with Crippen molar-refractivity contribution in [1.82, 2.24) is 0 Å². The molecule has 1 aliphatic carbocycles. The van der Waals surface area contributed by atoms with Crippen LogP contribution >= 0.6 is 0 Å². The van der Waals surface area contributed by atoms with Crippen molar-refractivity contribution in [2.45, 2.75) is 64.2 Å². The SMILES string of the molecule is CC1(Oc2ccc(B3OC(C)(C)C(C)(C)O3)cc2)C=CC(OC(F)(F)F)=CC1. The second-order valence-corrected chi connectivity index (χ2v) is 8.26. The van der Waals surface area contributed by atoms with Gasteiger partial charge in [0.1, 0.15) is 17.1 Å². The van der Waals surface area contributed by atoms with Crippen molar-refractivity contribution in [2.75, 3.05) is 0 Å². The lowest BCUT2D eigenvalue weighted by atomic mass is 9.79. The Kier molecular flexibility index (Phi) is 5.09. The molecule has 0 amide bonds. The first kappa shape index (κ1) is 20.8. The van der Waals surface area contributed by atoms with E-state index < -0.39 is 30.3 Å². The second kappa shape index (κ2) is 6.85. The minimum Gasteiger partial charge on any atom is -0.483 e. The molecule has 0 radical (unpaired) electrons. The minimum atomic E-state index is -4.70.